The van der Waals surface area contributed by atoms with E-state index in [4.69, 9.17) is 0 Å². The summed E-state index contributed by atoms with van der Waals surface area (Å²) < 4.78 is 0. The van der Waals surface area contributed by atoms with Crippen molar-refractivity contribution < 1.29 is 9.59 Å². The van der Waals surface area contributed by atoms with E-state index in [1.165, 1.54) is 11.3 Å². The zero-order valence-corrected chi connectivity index (χ0v) is 16.5. The van der Waals surface area contributed by atoms with Crippen molar-refractivity contribution in [3.05, 3.63) is 78.0 Å². The number of amides is 2. The van der Waals surface area contributed by atoms with Crippen LogP contribution in [-0.4, -0.2) is 28.3 Å². The Kier molecular flexibility index (Phi) is 5.31. The van der Waals surface area contributed by atoms with Crippen molar-refractivity contribution in [2.45, 2.75) is 6.92 Å². The number of benzene rings is 2. The average molecular weight is 402 g/mol. The summed E-state index contributed by atoms with van der Waals surface area (Å²) in [5.41, 5.74) is 3.89. The first-order chi connectivity index (χ1) is 14.1. The van der Waals surface area contributed by atoms with Crippen LogP contribution in [0.25, 0.3) is 20.9 Å². The van der Waals surface area contributed by atoms with Crippen LogP contribution in [0.4, 0.5) is 5.69 Å². The molecule has 7 heteroatoms. The van der Waals surface area contributed by atoms with Gasteiger partial charge in [0.25, 0.3) is 5.91 Å². The second-order valence-electron chi connectivity index (χ2n) is 6.47. The molecule has 144 valence electrons. The van der Waals surface area contributed by atoms with Crippen molar-refractivity contribution in [2.75, 3.05) is 11.9 Å². The molecule has 0 aliphatic rings. The predicted octanol–water partition coefficient (Wildman–Crippen LogP) is 4.04. The van der Waals surface area contributed by atoms with Gasteiger partial charge >= 0.3 is 0 Å². The maximum Gasteiger partial charge on any atom is 0.251 e. The van der Waals surface area contributed by atoms with Crippen LogP contribution in [0.2, 0.25) is 0 Å². The van der Waals surface area contributed by atoms with Crippen molar-refractivity contribution in [3.8, 4) is 10.6 Å². The van der Waals surface area contributed by atoms with E-state index in [1.807, 2.05) is 43.3 Å². The highest BCUT2D eigenvalue weighted by Crippen LogP contribution is 2.31. The number of carbonyl (C=O) groups excluding carboxylic acids is 2. The van der Waals surface area contributed by atoms with Crippen molar-refractivity contribution in [2.24, 2.45) is 0 Å². The number of anilines is 1. The van der Waals surface area contributed by atoms with E-state index >= 15 is 0 Å². The molecule has 0 aliphatic heterocycles. The number of pyridine rings is 1. The summed E-state index contributed by atoms with van der Waals surface area (Å²) in [6.07, 6.45) is 1.74. The fourth-order valence-corrected chi connectivity index (χ4v) is 3.73. The Hall–Kier alpha value is -3.58. The van der Waals surface area contributed by atoms with Gasteiger partial charge in [-0.2, -0.15) is 0 Å². The second kappa shape index (κ2) is 8.20. The summed E-state index contributed by atoms with van der Waals surface area (Å²) in [6, 6.07) is 18.4. The zero-order chi connectivity index (χ0) is 20.2. The molecule has 0 saturated heterocycles. The molecule has 0 bridgehead atoms. The summed E-state index contributed by atoms with van der Waals surface area (Å²) in [4.78, 5) is 34.2. The van der Waals surface area contributed by atoms with Crippen molar-refractivity contribution in [3.63, 3.8) is 0 Å². The smallest absolute Gasteiger partial charge is 0.251 e. The Morgan fingerprint density at radius 2 is 1.86 bits per heavy atom. The lowest BCUT2D eigenvalue weighted by atomic mass is 10.1. The molecule has 0 aliphatic carbocycles. The maximum absolute atomic E-state index is 12.3. The van der Waals surface area contributed by atoms with Gasteiger partial charge in [0, 0.05) is 23.0 Å². The first-order valence-corrected chi connectivity index (χ1v) is 9.87. The summed E-state index contributed by atoms with van der Waals surface area (Å²) in [5, 5.41) is 6.34. The van der Waals surface area contributed by atoms with Crippen molar-refractivity contribution >= 4 is 39.2 Å². The number of hydrogen-bond donors (Lipinski definition) is 2. The fraction of sp³-hybridized carbons (Fsp3) is 0.0909. The van der Waals surface area contributed by atoms with Gasteiger partial charge in [-0.25, -0.2) is 9.97 Å². The van der Waals surface area contributed by atoms with E-state index in [9.17, 15) is 9.59 Å². The SMILES string of the molecule is Cc1ccc(-c2nc3cccnc3s2)cc1NC(=O)CNC(=O)c1ccccc1. The Bertz CT molecular complexity index is 1150. The number of carbonyl (C=O) groups is 2. The van der Waals surface area contributed by atoms with Crippen molar-refractivity contribution in [1.82, 2.24) is 15.3 Å². The second-order valence-corrected chi connectivity index (χ2v) is 7.45. The molecule has 0 spiro atoms. The van der Waals surface area contributed by atoms with E-state index in [0.717, 1.165) is 26.5 Å². The third kappa shape index (κ3) is 4.30. The highest BCUT2D eigenvalue weighted by Gasteiger charge is 2.12. The number of rotatable bonds is 5. The van der Waals surface area contributed by atoms with E-state index < -0.39 is 0 Å². The number of nitrogens with zero attached hydrogens (tertiary/aromatic N) is 2. The molecule has 4 rings (SSSR count). The molecule has 29 heavy (non-hydrogen) atoms. The van der Waals surface area contributed by atoms with Crippen LogP contribution in [-0.2, 0) is 4.79 Å². The summed E-state index contributed by atoms with van der Waals surface area (Å²) in [7, 11) is 0. The molecule has 0 saturated carbocycles. The van der Waals surface area contributed by atoms with Crippen LogP contribution in [0.15, 0.2) is 66.9 Å². The topological polar surface area (TPSA) is 84.0 Å². The van der Waals surface area contributed by atoms with Crippen LogP contribution < -0.4 is 10.6 Å². The molecular weight excluding hydrogens is 384 g/mol. The maximum atomic E-state index is 12.3. The molecule has 0 atom stereocenters. The molecular formula is C22H18N4O2S. The summed E-state index contributed by atoms with van der Waals surface area (Å²) in [5.74, 6) is -0.575. The van der Waals surface area contributed by atoms with Gasteiger partial charge in [-0.3, -0.25) is 9.59 Å². The Balaban J connectivity index is 1.46. The monoisotopic (exact) mass is 402 g/mol. The molecule has 0 fully saturated rings. The van der Waals surface area contributed by atoms with E-state index in [2.05, 4.69) is 20.6 Å². The van der Waals surface area contributed by atoms with Gasteiger partial charge in [-0.15, -0.1) is 0 Å². The van der Waals surface area contributed by atoms with Gasteiger partial charge in [0.1, 0.15) is 15.4 Å². The van der Waals surface area contributed by atoms with Crippen LogP contribution in [0.3, 0.4) is 0 Å². The molecule has 2 amide bonds. The predicted molar refractivity (Wildman–Crippen MR) is 115 cm³/mol. The quantitative estimate of drug-likeness (QED) is 0.528. The molecule has 6 nitrogen and oxygen atoms in total. The van der Waals surface area contributed by atoms with Gasteiger partial charge < -0.3 is 10.6 Å². The summed E-state index contributed by atoms with van der Waals surface area (Å²) >= 11 is 1.50. The lowest BCUT2D eigenvalue weighted by Gasteiger charge is -2.10. The summed E-state index contributed by atoms with van der Waals surface area (Å²) in [6.45, 7) is 1.81. The molecule has 2 heterocycles. The number of nitrogens with one attached hydrogen (secondary N) is 2. The Labute approximate surface area is 171 Å². The number of hydrogen-bond acceptors (Lipinski definition) is 5. The number of aryl methyl sites for hydroxylation is 1. The minimum Gasteiger partial charge on any atom is -0.343 e. The van der Waals surface area contributed by atoms with Gasteiger partial charge in [0.05, 0.1) is 6.54 Å². The lowest BCUT2D eigenvalue weighted by Crippen LogP contribution is -2.32. The van der Waals surface area contributed by atoms with Crippen LogP contribution in [0.1, 0.15) is 15.9 Å². The van der Waals surface area contributed by atoms with Gasteiger partial charge in [0.15, 0.2) is 0 Å². The third-order valence-electron chi connectivity index (χ3n) is 4.37. The molecule has 2 N–H and O–H groups in total. The minimum absolute atomic E-state index is 0.109. The largest absolute Gasteiger partial charge is 0.343 e. The molecule has 0 radical (unpaired) electrons. The van der Waals surface area contributed by atoms with Gasteiger partial charge in [-0.1, -0.05) is 41.7 Å². The first-order valence-electron chi connectivity index (χ1n) is 9.06. The zero-order valence-electron chi connectivity index (χ0n) is 15.7. The highest BCUT2D eigenvalue weighted by atomic mass is 32.1. The Morgan fingerprint density at radius 3 is 2.66 bits per heavy atom. The van der Waals surface area contributed by atoms with E-state index in [-0.39, 0.29) is 18.4 Å². The van der Waals surface area contributed by atoms with Gasteiger partial charge in [0.2, 0.25) is 5.91 Å². The Morgan fingerprint density at radius 1 is 1.03 bits per heavy atom. The lowest BCUT2D eigenvalue weighted by molar-refractivity contribution is -0.115. The van der Waals surface area contributed by atoms with E-state index in [1.54, 1.807) is 30.5 Å². The number of thiazole rings is 1. The normalized spacial score (nSPS) is 10.7. The van der Waals surface area contributed by atoms with Crippen LogP contribution in [0.5, 0.6) is 0 Å². The number of fused-ring (bicyclic) bond motifs is 1. The average Bonchev–Trinajstić information content (AvgIpc) is 3.18. The van der Waals surface area contributed by atoms with Gasteiger partial charge in [-0.05, 0) is 42.8 Å². The van der Waals surface area contributed by atoms with Crippen LogP contribution >= 0.6 is 11.3 Å². The fourth-order valence-electron chi connectivity index (χ4n) is 2.83. The third-order valence-corrected chi connectivity index (χ3v) is 5.40. The molecule has 4 aromatic rings. The van der Waals surface area contributed by atoms with Crippen LogP contribution in [0, 0.1) is 6.92 Å². The molecule has 2 aromatic carbocycles. The standard InChI is InChI=1S/C22H18N4O2S/c1-14-9-10-16(21-26-17-8-5-11-23-22(17)29-21)12-18(14)25-19(27)13-24-20(28)15-6-3-2-4-7-15/h2-12H,13H2,1H3,(H,24,28)(H,25,27). The highest BCUT2D eigenvalue weighted by molar-refractivity contribution is 7.21. The van der Waals surface area contributed by atoms with E-state index in [0.29, 0.717) is 11.3 Å². The molecule has 0 unspecified atom stereocenters. The first kappa shape index (κ1) is 18.8. The minimum atomic E-state index is -0.291. The number of aromatic nitrogens is 2. The van der Waals surface area contributed by atoms with Crippen molar-refractivity contribution in [1.29, 1.82) is 0 Å². The molecule has 2 aromatic heterocycles.